The summed E-state index contributed by atoms with van der Waals surface area (Å²) in [5.41, 5.74) is 3.71. The number of allylic oxidation sites excluding steroid dienone is 2. The highest BCUT2D eigenvalue weighted by Gasteiger charge is 2.31. The van der Waals surface area contributed by atoms with Crippen LogP contribution in [0.1, 0.15) is 62.8 Å². The molecule has 1 aliphatic rings. The van der Waals surface area contributed by atoms with Crippen molar-refractivity contribution in [1.82, 2.24) is 0 Å². The van der Waals surface area contributed by atoms with Crippen LogP contribution >= 0.6 is 0 Å². The average Bonchev–Trinajstić information content (AvgIpc) is 2.55. The summed E-state index contributed by atoms with van der Waals surface area (Å²) in [5, 5.41) is 10.5. The molecular weight excluding hydrogens is 304 g/mol. The predicted octanol–water partition coefficient (Wildman–Crippen LogP) is 4.54. The number of ether oxygens (including phenoxy) is 2. The van der Waals surface area contributed by atoms with Gasteiger partial charge in [-0.1, -0.05) is 26.0 Å². The molecule has 0 heterocycles. The second kappa shape index (κ2) is 7.39. The van der Waals surface area contributed by atoms with Crippen molar-refractivity contribution in [2.24, 2.45) is 5.41 Å². The third kappa shape index (κ3) is 3.81. The molecule has 0 radical (unpaired) electrons. The van der Waals surface area contributed by atoms with Crippen LogP contribution in [0.3, 0.4) is 0 Å². The van der Waals surface area contributed by atoms with Crippen molar-refractivity contribution >= 4 is 11.5 Å². The highest BCUT2D eigenvalue weighted by atomic mass is 16.6. The molecule has 1 unspecified atom stereocenters. The van der Waals surface area contributed by atoms with Crippen molar-refractivity contribution in [2.45, 2.75) is 53.1 Å². The van der Waals surface area contributed by atoms with Crippen LogP contribution in [-0.2, 0) is 14.3 Å². The van der Waals surface area contributed by atoms with E-state index in [1.807, 2.05) is 19.9 Å². The van der Waals surface area contributed by atoms with Gasteiger partial charge in [0, 0.05) is 17.7 Å². The number of aromatic hydroxyl groups is 1. The minimum absolute atomic E-state index is 0.190. The molecule has 0 saturated heterocycles. The molecule has 0 aromatic heterocycles. The SMILES string of the molecule is CCOC(C(=O)OC)c1c(C)ccc(O)c1C1=CCC(C)(C)CC1. The predicted molar refractivity (Wildman–Crippen MR) is 94.8 cm³/mol. The van der Waals surface area contributed by atoms with Crippen LogP contribution in [0.2, 0.25) is 0 Å². The Morgan fingerprint density at radius 3 is 2.62 bits per heavy atom. The first-order valence-corrected chi connectivity index (χ1v) is 8.52. The van der Waals surface area contributed by atoms with E-state index in [-0.39, 0.29) is 11.2 Å². The van der Waals surface area contributed by atoms with Gasteiger partial charge in [-0.15, -0.1) is 0 Å². The number of benzene rings is 1. The molecule has 0 aliphatic heterocycles. The molecule has 4 heteroatoms. The summed E-state index contributed by atoms with van der Waals surface area (Å²) < 4.78 is 10.6. The minimum atomic E-state index is -0.821. The molecule has 1 atom stereocenters. The molecule has 1 aromatic carbocycles. The summed E-state index contributed by atoms with van der Waals surface area (Å²) in [5.74, 6) is -0.251. The van der Waals surface area contributed by atoms with Crippen LogP contribution in [0.4, 0.5) is 0 Å². The van der Waals surface area contributed by atoms with Gasteiger partial charge in [-0.25, -0.2) is 4.79 Å². The molecule has 0 fully saturated rings. The van der Waals surface area contributed by atoms with Gasteiger partial charge in [0.25, 0.3) is 0 Å². The van der Waals surface area contributed by atoms with E-state index in [9.17, 15) is 9.90 Å². The Kier molecular flexibility index (Phi) is 5.70. The fourth-order valence-electron chi connectivity index (χ4n) is 3.23. The third-order valence-corrected chi connectivity index (χ3v) is 4.75. The number of rotatable bonds is 5. The number of esters is 1. The van der Waals surface area contributed by atoms with E-state index in [0.717, 1.165) is 41.5 Å². The van der Waals surface area contributed by atoms with Crippen LogP contribution in [0, 0.1) is 12.3 Å². The Labute approximate surface area is 144 Å². The standard InChI is InChI=1S/C20H28O4/c1-6-24-18(19(22)23-5)16-13(2)7-8-15(21)17(16)14-9-11-20(3,4)12-10-14/h7-9,18,21H,6,10-12H2,1-5H3. The summed E-state index contributed by atoms with van der Waals surface area (Å²) >= 11 is 0. The highest BCUT2D eigenvalue weighted by Crippen LogP contribution is 2.44. The maximum Gasteiger partial charge on any atom is 0.339 e. The van der Waals surface area contributed by atoms with E-state index in [1.54, 1.807) is 6.07 Å². The van der Waals surface area contributed by atoms with Gasteiger partial charge < -0.3 is 14.6 Å². The normalized spacial score (nSPS) is 18.0. The Hall–Kier alpha value is -1.81. The largest absolute Gasteiger partial charge is 0.507 e. The summed E-state index contributed by atoms with van der Waals surface area (Å²) in [4.78, 5) is 12.3. The van der Waals surface area contributed by atoms with Crippen molar-refractivity contribution in [3.8, 4) is 5.75 Å². The van der Waals surface area contributed by atoms with Gasteiger partial charge in [0.2, 0.25) is 0 Å². The number of carbonyl (C=O) groups is 1. The fraction of sp³-hybridized carbons (Fsp3) is 0.550. The van der Waals surface area contributed by atoms with Gasteiger partial charge in [-0.05, 0) is 55.7 Å². The molecule has 24 heavy (non-hydrogen) atoms. The Balaban J connectivity index is 2.57. The monoisotopic (exact) mass is 332 g/mol. The zero-order valence-corrected chi connectivity index (χ0v) is 15.3. The van der Waals surface area contributed by atoms with Crippen molar-refractivity contribution < 1.29 is 19.4 Å². The highest BCUT2D eigenvalue weighted by molar-refractivity contribution is 5.83. The quantitative estimate of drug-likeness (QED) is 0.804. The zero-order valence-electron chi connectivity index (χ0n) is 15.3. The smallest absolute Gasteiger partial charge is 0.339 e. The second-order valence-electron chi connectivity index (χ2n) is 7.15. The van der Waals surface area contributed by atoms with Crippen LogP contribution in [0.15, 0.2) is 18.2 Å². The van der Waals surface area contributed by atoms with Gasteiger partial charge in [0.1, 0.15) is 5.75 Å². The lowest BCUT2D eigenvalue weighted by atomic mass is 9.75. The molecular formula is C20H28O4. The number of methoxy groups -OCH3 is 1. The fourth-order valence-corrected chi connectivity index (χ4v) is 3.23. The number of carbonyl (C=O) groups excluding carboxylic acids is 1. The Morgan fingerprint density at radius 1 is 1.38 bits per heavy atom. The summed E-state index contributed by atoms with van der Waals surface area (Å²) in [7, 11) is 1.36. The first-order valence-electron chi connectivity index (χ1n) is 8.52. The number of hydrogen-bond acceptors (Lipinski definition) is 4. The number of phenols is 1. The van der Waals surface area contributed by atoms with E-state index in [0.29, 0.717) is 6.61 Å². The molecule has 1 N–H and O–H groups in total. The maximum atomic E-state index is 12.3. The third-order valence-electron chi connectivity index (χ3n) is 4.75. The molecule has 0 spiro atoms. The first kappa shape index (κ1) is 18.5. The lowest BCUT2D eigenvalue weighted by molar-refractivity contribution is -0.154. The van der Waals surface area contributed by atoms with Crippen molar-refractivity contribution in [3.63, 3.8) is 0 Å². The maximum absolute atomic E-state index is 12.3. The minimum Gasteiger partial charge on any atom is -0.507 e. The Bertz CT molecular complexity index is 643. The van der Waals surface area contributed by atoms with Gasteiger partial charge in [0.15, 0.2) is 6.10 Å². The molecule has 0 bridgehead atoms. The van der Waals surface area contributed by atoms with Gasteiger partial charge in [-0.3, -0.25) is 0 Å². The number of aryl methyl sites for hydroxylation is 1. The van der Waals surface area contributed by atoms with Crippen LogP contribution in [-0.4, -0.2) is 24.8 Å². The molecule has 1 aromatic rings. The zero-order chi connectivity index (χ0) is 17.9. The van der Waals surface area contributed by atoms with E-state index in [1.165, 1.54) is 7.11 Å². The van der Waals surface area contributed by atoms with Gasteiger partial charge in [0.05, 0.1) is 7.11 Å². The molecule has 0 amide bonds. The lowest BCUT2D eigenvalue weighted by Gasteiger charge is -2.30. The molecule has 1 aliphatic carbocycles. The molecule has 2 rings (SSSR count). The van der Waals surface area contributed by atoms with E-state index in [4.69, 9.17) is 9.47 Å². The topological polar surface area (TPSA) is 55.8 Å². The van der Waals surface area contributed by atoms with Crippen molar-refractivity contribution in [1.29, 1.82) is 0 Å². The lowest BCUT2D eigenvalue weighted by Crippen LogP contribution is -2.21. The van der Waals surface area contributed by atoms with Crippen molar-refractivity contribution in [2.75, 3.05) is 13.7 Å². The summed E-state index contributed by atoms with van der Waals surface area (Å²) in [6.07, 6.45) is 4.23. The number of phenolic OH excluding ortho intramolecular Hbond substituents is 1. The molecule has 132 valence electrons. The Morgan fingerprint density at radius 2 is 2.08 bits per heavy atom. The van der Waals surface area contributed by atoms with E-state index < -0.39 is 12.1 Å². The summed E-state index contributed by atoms with van der Waals surface area (Å²) in [6.45, 7) is 8.65. The van der Waals surface area contributed by atoms with Crippen LogP contribution in [0.25, 0.3) is 5.57 Å². The van der Waals surface area contributed by atoms with E-state index >= 15 is 0 Å². The van der Waals surface area contributed by atoms with Gasteiger partial charge in [-0.2, -0.15) is 0 Å². The molecule has 4 nitrogen and oxygen atoms in total. The first-order chi connectivity index (χ1) is 11.3. The van der Waals surface area contributed by atoms with Crippen LogP contribution in [0.5, 0.6) is 5.75 Å². The number of hydrogen-bond donors (Lipinski definition) is 1. The van der Waals surface area contributed by atoms with Crippen molar-refractivity contribution in [3.05, 3.63) is 34.9 Å². The second-order valence-corrected chi connectivity index (χ2v) is 7.15. The van der Waals surface area contributed by atoms with Gasteiger partial charge >= 0.3 is 5.97 Å². The van der Waals surface area contributed by atoms with E-state index in [2.05, 4.69) is 19.9 Å². The molecule has 0 saturated carbocycles. The average molecular weight is 332 g/mol. The van der Waals surface area contributed by atoms with Crippen LogP contribution < -0.4 is 0 Å². The summed E-state index contributed by atoms with van der Waals surface area (Å²) in [6, 6.07) is 3.51.